The lowest BCUT2D eigenvalue weighted by molar-refractivity contribution is 0.667. The number of nitrogens with zero attached hydrogens (tertiary/aromatic N) is 1. The molecule has 0 aromatic carbocycles. The zero-order valence-corrected chi connectivity index (χ0v) is 6.57. The summed E-state index contributed by atoms with van der Waals surface area (Å²) in [6.45, 7) is 3.99. The summed E-state index contributed by atoms with van der Waals surface area (Å²) >= 11 is 0. The van der Waals surface area contributed by atoms with E-state index in [0.29, 0.717) is 11.7 Å². The highest BCUT2D eigenvalue weighted by molar-refractivity contribution is 7.85. The lowest BCUT2D eigenvalue weighted by Gasteiger charge is -1.98. The summed E-state index contributed by atoms with van der Waals surface area (Å²) < 4.78 is 10.7. The normalized spacial score (nSPS) is 13.1. The van der Waals surface area contributed by atoms with Gasteiger partial charge in [0.1, 0.15) is 5.75 Å². The first-order chi connectivity index (χ1) is 4.16. The highest BCUT2D eigenvalue weighted by atomic mass is 32.2. The van der Waals surface area contributed by atoms with Crippen LogP contribution in [0.2, 0.25) is 0 Å². The molecule has 0 rings (SSSR count). The van der Waals surface area contributed by atoms with Crippen LogP contribution in [0, 0.1) is 17.2 Å². The van der Waals surface area contributed by atoms with Crippen molar-refractivity contribution in [1.29, 1.82) is 5.26 Å². The van der Waals surface area contributed by atoms with Crippen molar-refractivity contribution in [3.63, 3.8) is 0 Å². The van der Waals surface area contributed by atoms with E-state index in [1.807, 2.05) is 19.9 Å². The summed E-state index contributed by atoms with van der Waals surface area (Å²) in [6.07, 6.45) is 0. The molecule has 0 aliphatic rings. The van der Waals surface area contributed by atoms with Crippen molar-refractivity contribution in [2.75, 3.05) is 11.5 Å². The fraction of sp³-hybridized carbons (Fsp3) is 0.833. The molecule has 0 amide bonds. The maximum Gasteiger partial charge on any atom is 0.111 e. The van der Waals surface area contributed by atoms with Crippen LogP contribution in [-0.4, -0.2) is 15.7 Å². The van der Waals surface area contributed by atoms with Crippen molar-refractivity contribution >= 4 is 10.8 Å². The third-order valence-electron chi connectivity index (χ3n) is 0.745. The molecule has 0 bridgehead atoms. The van der Waals surface area contributed by atoms with Gasteiger partial charge >= 0.3 is 0 Å². The fourth-order valence-electron chi connectivity index (χ4n) is 0.503. The number of rotatable bonds is 3. The Morgan fingerprint density at radius 1 is 1.67 bits per heavy atom. The van der Waals surface area contributed by atoms with Gasteiger partial charge in [-0.25, -0.2) is 0 Å². The van der Waals surface area contributed by atoms with Crippen molar-refractivity contribution < 1.29 is 4.21 Å². The van der Waals surface area contributed by atoms with Crippen molar-refractivity contribution in [3.05, 3.63) is 0 Å². The van der Waals surface area contributed by atoms with Crippen LogP contribution in [0.1, 0.15) is 13.8 Å². The Hall–Kier alpha value is -0.360. The Kier molecular flexibility index (Phi) is 4.33. The molecule has 0 fully saturated rings. The van der Waals surface area contributed by atoms with Crippen molar-refractivity contribution in [2.24, 2.45) is 5.92 Å². The molecular formula is C6H11NOS. The van der Waals surface area contributed by atoms with Crippen LogP contribution in [0.3, 0.4) is 0 Å². The first-order valence-electron chi connectivity index (χ1n) is 2.88. The van der Waals surface area contributed by atoms with E-state index >= 15 is 0 Å². The second-order valence-corrected chi connectivity index (χ2v) is 3.80. The van der Waals surface area contributed by atoms with Gasteiger partial charge < -0.3 is 0 Å². The lowest BCUT2D eigenvalue weighted by Crippen LogP contribution is -2.06. The molecule has 9 heavy (non-hydrogen) atoms. The summed E-state index contributed by atoms with van der Waals surface area (Å²) in [6, 6.07) is 1.87. The smallest absolute Gasteiger partial charge is 0.111 e. The van der Waals surface area contributed by atoms with Crippen LogP contribution in [0.15, 0.2) is 0 Å². The van der Waals surface area contributed by atoms with E-state index < -0.39 is 10.8 Å². The Balaban J connectivity index is 3.42. The van der Waals surface area contributed by atoms with Crippen molar-refractivity contribution in [3.8, 4) is 6.07 Å². The summed E-state index contributed by atoms with van der Waals surface area (Å²) in [5.74, 6) is 1.25. The zero-order chi connectivity index (χ0) is 7.28. The largest absolute Gasteiger partial charge is 0.259 e. The van der Waals surface area contributed by atoms with Crippen LogP contribution < -0.4 is 0 Å². The monoisotopic (exact) mass is 145 g/mol. The molecule has 0 saturated carbocycles. The van der Waals surface area contributed by atoms with Crippen molar-refractivity contribution in [2.45, 2.75) is 13.8 Å². The maximum atomic E-state index is 10.7. The molecule has 0 aromatic heterocycles. The first kappa shape index (κ1) is 8.64. The molecule has 0 aromatic rings. The quantitative estimate of drug-likeness (QED) is 0.592. The minimum absolute atomic E-state index is 0.179. The van der Waals surface area contributed by atoms with Gasteiger partial charge in [-0.05, 0) is 5.92 Å². The van der Waals surface area contributed by atoms with E-state index in [0.717, 1.165) is 0 Å². The standard InChI is InChI=1S/C6H11NOS/c1-6(2)5-9(8)4-3-7/h6H,4-5H2,1-2H3. The van der Waals surface area contributed by atoms with Gasteiger partial charge in [0.2, 0.25) is 0 Å². The Labute approximate surface area is 58.3 Å². The summed E-state index contributed by atoms with van der Waals surface area (Å²) in [7, 11) is -0.911. The topological polar surface area (TPSA) is 40.9 Å². The van der Waals surface area contributed by atoms with Crippen LogP contribution in [0.4, 0.5) is 0 Å². The second kappa shape index (κ2) is 4.51. The van der Waals surface area contributed by atoms with E-state index in [1.165, 1.54) is 0 Å². The number of nitriles is 1. The minimum atomic E-state index is -0.911. The molecule has 52 valence electrons. The van der Waals surface area contributed by atoms with Crippen molar-refractivity contribution in [1.82, 2.24) is 0 Å². The zero-order valence-electron chi connectivity index (χ0n) is 5.76. The SMILES string of the molecule is CC(C)CS(=O)CC#N. The average molecular weight is 145 g/mol. The van der Waals surface area contributed by atoms with E-state index in [1.54, 1.807) is 0 Å². The van der Waals surface area contributed by atoms with Gasteiger partial charge in [-0.1, -0.05) is 13.8 Å². The van der Waals surface area contributed by atoms with Gasteiger partial charge in [0.15, 0.2) is 0 Å². The van der Waals surface area contributed by atoms with E-state index in [2.05, 4.69) is 0 Å². The first-order valence-corrected chi connectivity index (χ1v) is 4.37. The number of hydrogen-bond donors (Lipinski definition) is 0. The van der Waals surface area contributed by atoms with E-state index in [4.69, 9.17) is 5.26 Å². The fourth-order valence-corrected chi connectivity index (χ4v) is 1.51. The molecule has 2 nitrogen and oxygen atoms in total. The van der Waals surface area contributed by atoms with Gasteiger partial charge in [-0.2, -0.15) is 5.26 Å². The molecule has 0 N–H and O–H groups in total. The highest BCUT2D eigenvalue weighted by Gasteiger charge is 2.00. The highest BCUT2D eigenvalue weighted by Crippen LogP contribution is 1.94. The van der Waals surface area contributed by atoms with Gasteiger partial charge in [-0.15, -0.1) is 0 Å². The number of hydrogen-bond acceptors (Lipinski definition) is 2. The van der Waals surface area contributed by atoms with Crippen LogP contribution in [0.25, 0.3) is 0 Å². The van der Waals surface area contributed by atoms with Crippen LogP contribution in [0.5, 0.6) is 0 Å². The van der Waals surface area contributed by atoms with Gasteiger partial charge in [0, 0.05) is 16.6 Å². The second-order valence-electron chi connectivity index (χ2n) is 2.30. The summed E-state index contributed by atoms with van der Waals surface area (Å²) in [5.41, 5.74) is 0. The van der Waals surface area contributed by atoms with E-state index in [-0.39, 0.29) is 5.75 Å². The molecule has 0 heterocycles. The Bertz CT molecular complexity index is 136. The minimum Gasteiger partial charge on any atom is -0.259 e. The Morgan fingerprint density at radius 3 is 2.56 bits per heavy atom. The summed E-state index contributed by atoms with van der Waals surface area (Å²) in [5, 5.41) is 8.11. The molecule has 0 radical (unpaired) electrons. The Morgan fingerprint density at radius 2 is 2.22 bits per heavy atom. The molecular weight excluding hydrogens is 134 g/mol. The summed E-state index contributed by atoms with van der Waals surface area (Å²) in [4.78, 5) is 0. The van der Waals surface area contributed by atoms with E-state index in [9.17, 15) is 4.21 Å². The van der Waals surface area contributed by atoms with Gasteiger partial charge in [0.05, 0.1) is 6.07 Å². The predicted octanol–water partition coefficient (Wildman–Crippen LogP) is 0.915. The average Bonchev–Trinajstić information content (AvgIpc) is 1.63. The molecule has 3 heteroatoms. The molecule has 0 spiro atoms. The molecule has 1 unspecified atom stereocenters. The molecule has 1 atom stereocenters. The van der Waals surface area contributed by atoms with Gasteiger partial charge in [-0.3, -0.25) is 4.21 Å². The lowest BCUT2D eigenvalue weighted by atomic mass is 10.3. The van der Waals surface area contributed by atoms with Crippen LogP contribution >= 0.6 is 0 Å². The predicted molar refractivity (Wildman–Crippen MR) is 38.3 cm³/mol. The molecule has 0 aliphatic carbocycles. The third kappa shape index (κ3) is 5.51. The molecule has 0 aliphatic heterocycles. The maximum absolute atomic E-state index is 10.7. The third-order valence-corrected chi connectivity index (χ3v) is 2.23. The van der Waals surface area contributed by atoms with Crippen LogP contribution in [-0.2, 0) is 10.8 Å². The molecule has 0 saturated heterocycles. The van der Waals surface area contributed by atoms with Gasteiger partial charge in [0.25, 0.3) is 0 Å².